The summed E-state index contributed by atoms with van der Waals surface area (Å²) in [4.78, 5) is 49.9. The average Bonchev–Trinajstić information content (AvgIpc) is 1.63. The fraction of sp³-hybridized carbons (Fsp3) is 0.221. The van der Waals surface area contributed by atoms with E-state index in [0.717, 1.165) is 62.1 Å². The second-order valence-corrected chi connectivity index (χ2v) is 29.0. The Morgan fingerprint density at radius 3 is 1.20 bits per heavy atom. The minimum absolute atomic E-state index is 0.0314. The largest absolute Gasteiger partial charge is 0.390 e. The first-order valence-electron chi connectivity index (χ1n) is 36.1. The van der Waals surface area contributed by atoms with E-state index in [9.17, 15) is 15.6 Å². The zero-order valence-electron chi connectivity index (χ0n) is 66.3. The monoisotopic (exact) mass is 1590 g/mol. The summed E-state index contributed by atoms with van der Waals surface area (Å²) in [5.41, 5.74) is 48.2. The Bertz CT molecular complexity index is 6030. The Morgan fingerprint density at radius 2 is 0.805 bits per heavy atom. The lowest BCUT2D eigenvalue weighted by Crippen LogP contribution is -2.16. The van der Waals surface area contributed by atoms with Crippen molar-refractivity contribution < 1.29 is 15.3 Å². The van der Waals surface area contributed by atoms with Gasteiger partial charge in [-0.3, -0.25) is 15.0 Å². The molecule has 4 aromatic carbocycles. The van der Waals surface area contributed by atoms with Crippen molar-refractivity contribution in [3.8, 4) is 116 Å². The lowest BCUT2D eigenvalue weighted by Gasteiger charge is -2.18. The molecule has 0 radical (unpaired) electrons. The standard InChI is InChI=1S/C24H24N8O.C24H24N8.C14H10N4O.C11H7ClN4.C10H14N4.C3H4O/c1-24(2,3)21-9-5-8-17(27-21)13-32-20(14-33)22(30-31-32)19-11-18(28-23(26)29-19)16-7-4-6-15(10-16)12-25;1-15-22(30-31-32(15)14-18-9-6-10-21(27-18)24(2,3)4)20-12-19(28-23(26)29-20)17-8-5-7-16(11-17)13-25;15-9-10-3-1-4-11(7-10)13-8-12(5-2-6-19)17-14(16)18-13;12-10-5-9(15-11(14)16-10)8-3-1-2-7(4-8)6-13;1-10(2,3)9-6-4-5-8(13-9)7-12-14-11;1-2-3-4/h4-11,33H,13-14H2,1-3H3,(H2,26,28,29);5-12H,14H2,1-4H3,(H2,26,28,29);1,3-4,7-8,19H,6H2,(H2,16,17,18);1-5H,(H2,14,15,16);4-6H,7H2,1-3H3;1,4H,3H2. The highest BCUT2D eigenvalue weighted by molar-refractivity contribution is 6.29. The molecule has 13 aromatic rings. The molecular weight excluding hydrogens is 1510 g/mol. The molecule has 0 amide bonds. The lowest BCUT2D eigenvalue weighted by atomic mass is 9.91. The molecule has 0 atom stereocenters. The summed E-state index contributed by atoms with van der Waals surface area (Å²) < 4.78 is 3.41. The Hall–Kier alpha value is -15.3. The second-order valence-electron chi connectivity index (χ2n) is 28.6. The third-order valence-electron chi connectivity index (χ3n) is 16.6. The number of aliphatic hydroxyl groups excluding tert-OH is 3. The molecule has 0 saturated heterocycles. The normalized spacial score (nSPS) is 10.5. The van der Waals surface area contributed by atoms with Crippen LogP contribution in [0.25, 0.3) is 78.2 Å². The van der Waals surface area contributed by atoms with Gasteiger partial charge in [-0.1, -0.05) is 168 Å². The zero-order valence-corrected chi connectivity index (χ0v) is 67.1. The molecule has 31 nitrogen and oxygen atoms in total. The van der Waals surface area contributed by atoms with Crippen LogP contribution in [0.4, 0.5) is 23.8 Å². The summed E-state index contributed by atoms with van der Waals surface area (Å²) in [6.07, 6.45) is 4.53. The Labute approximate surface area is 687 Å². The van der Waals surface area contributed by atoms with Crippen molar-refractivity contribution in [1.82, 2.24) is 84.8 Å². The SMILES string of the molecule is C#CCO.CC(C)(C)c1cccc(CN=[N+]=[N-])n1.CC(C)(C)c1cccc(Cn2nnc(-c3cc(-c4cccc(C#N)c4)nc(N)n3)c2CO)n1.Cc1c(-c2cc(-c3cccc(C#N)c3)nc(N)n2)nnn1Cc1cccc(C(C)(C)C)n1.N#Cc1cccc(-c2cc(C#CCO)nc(N)n2)c1.N#Cc1cccc(-c2cc(Cl)nc(N)n2)c1. The maximum absolute atomic E-state index is 10.1. The molecule has 0 aliphatic carbocycles. The van der Waals surface area contributed by atoms with Gasteiger partial charge in [0.05, 0.1) is 130 Å². The molecule has 592 valence electrons. The highest BCUT2D eigenvalue weighted by Gasteiger charge is 2.23. The predicted molar refractivity (Wildman–Crippen MR) is 450 cm³/mol. The maximum Gasteiger partial charge on any atom is 0.221 e. The van der Waals surface area contributed by atoms with Gasteiger partial charge in [-0.25, -0.2) is 49.2 Å². The maximum atomic E-state index is 10.1. The third-order valence-corrected chi connectivity index (χ3v) is 16.8. The summed E-state index contributed by atoms with van der Waals surface area (Å²) in [6.45, 7) is 21.5. The number of anilines is 4. The van der Waals surface area contributed by atoms with Gasteiger partial charge in [0.1, 0.15) is 35.4 Å². The summed E-state index contributed by atoms with van der Waals surface area (Å²) in [7, 11) is 0. The van der Waals surface area contributed by atoms with Crippen molar-refractivity contribution in [2.24, 2.45) is 5.11 Å². The van der Waals surface area contributed by atoms with Crippen molar-refractivity contribution in [1.29, 1.82) is 21.0 Å². The van der Waals surface area contributed by atoms with Crippen LogP contribution >= 0.6 is 11.6 Å². The highest BCUT2D eigenvalue weighted by Crippen LogP contribution is 2.31. The molecule has 13 rings (SSSR count). The number of rotatable bonds is 13. The molecule has 0 aliphatic heterocycles. The fourth-order valence-electron chi connectivity index (χ4n) is 10.8. The summed E-state index contributed by atoms with van der Waals surface area (Å²) >= 11 is 5.78. The topological polar surface area (TPSA) is 512 Å². The smallest absolute Gasteiger partial charge is 0.221 e. The Balaban J connectivity index is 0.000000189. The molecule has 9 heterocycles. The number of azide groups is 1. The van der Waals surface area contributed by atoms with Crippen LogP contribution in [0.15, 0.2) is 181 Å². The van der Waals surface area contributed by atoms with Crippen LogP contribution in [-0.4, -0.2) is 113 Å². The third kappa shape index (κ3) is 25.6. The molecule has 11 N–H and O–H groups in total. The van der Waals surface area contributed by atoms with E-state index in [-0.39, 0.29) is 65.0 Å². The molecule has 0 saturated carbocycles. The van der Waals surface area contributed by atoms with Gasteiger partial charge in [-0.15, -0.1) is 16.6 Å². The second kappa shape index (κ2) is 41.5. The van der Waals surface area contributed by atoms with Crippen LogP contribution in [0, 0.1) is 76.4 Å². The van der Waals surface area contributed by atoms with Crippen molar-refractivity contribution >= 4 is 35.4 Å². The van der Waals surface area contributed by atoms with E-state index in [4.69, 9.17) is 70.8 Å². The van der Waals surface area contributed by atoms with Crippen LogP contribution in [0.1, 0.15) is 136 Å². The van der Waals surface area contributed by atoms with Gasteiger partial charge in [0.2, 0.25) is 23.8 Å². The quantitative estimate of drug-likeness (QED) is 0.0185. The van der Waals surface area contributed by atoms with Crippen molar-refractivity contribution in [3.05, 3.63) is 265 Å². The molecule has 0 unspecified atom stereocenters. The predicted octanol–water partition coefficient (Wildman–Crippen LogP) is 13.0. The first-order chi connectivity index (χ1) is 56.4. The number of halogens is 1. The van der Waals surface area contributed by atoms with E-state index < -0.39 is 0 Å². The fourth-order valence-corrected chi connectivity index (χ4v) is 11.0. The summed E-state index contributed by atoms with van der Waals surface area (Å²) in [5, 5.41) is 83.4. The number of aliphatic hydroxyl groups is 3. The molecule has 32 heteroatoms. The van der Waals surface area contributed by atoms with E-state index in [0.29, 0.717) is 98.8 Å². The first kappa shape index (κ1) is 88.3. The van der Waals surface area contributed by atoms with Crippen molar-refractivity contribution in [3.63, 3.8) is 0 Å². The van der Waals surface area contributed by atoms with Crippen LogP contribution in [0.3, 0.4) is 0 Å². The van der Waals surface area contributed by atoms with Crippen LogP contribution < -0.4 is 22.9 Å². The number of pyridine rings is 3. The number of nitrogens with two attached hydrogens (primary N) is 4. The number of aromatic nitrogens is 17. The lowest BCUT2D eigenvalue weighted by molar-refractivity contribution is 0.269. The molecule has 9 aromatic heterocycles. The Kier molecular flexibility index (Phi) is 31.0. The minimum atomic E-state index is -0.287. The van der Waals surface area contributed by atoms with E-state index in [1.165, 1.54) is 0 Å². The number of hydrogen-bond donors (Lipinski definition) is 7. The van der Waals surface area contributed by atoms with E-state index in [2.05, 4.69) is 180 Å². The number of nitrogens with zero attached hydrogens (tertiary/aromatic N) is 24. The zero-order chi connectivity index (χ0) is 85.7. The number of terminal acetylenes is 1. The van der Waals surface area contributed by atoms with Crippen molar-refractivity contribution in [2.45, 2.75) is 112 Å². The minimum Gasteiger partial charge on any atom is -0.390 e. The Morgan fingerprint density at radius 1 is 0.449 bits per heavy atom. The summed E-state index contributed by atoms with van der Waals surface area (Å²) in [6, 6.07) is 61.2. The van der Waals surface area contributed by atoms with Gasteiger partial charge in [-0.05, 0) is 122 Å². The average molecular weight is 1590 g/mol. The van der Waals surface area contributed by atoms with Gasteiger partial charge in [0.15, 0.2) is 0 Å². The molecule has 118 heavy (non-hydrogen) atoms. The van der Waals surface area contributed by atoms with Gasteiger partial charge < -0.3 is 38.3 Å². The van der Waals surface area contributed by atoms with Gasteiger partial charge in [-0.2, -0.15) is 21.0 Å². The van der Waals surface area contributed by atoms with E-state index in [1.807, 2.05) is 104 Å². The van der Waals surface area contributed by atoms with Gasteiger partial charge in [0, 0.05) is 72.3 Å². The summed E-state index contributed by atoms with van der Waals surface area (Å²) in [5.74, 6) is 7.57. The van der Waals surface area contributed by atoms with Crippen LogP contribution in [0.2, 0.25) is 5.15 Å². The molecule has 0 bridgehead atoms. The molecule has 0 fully saturated rings. The number of hydrogen-bond acceptors (Lipinski definition) is 27. The van der Waals surface area contributed by atoms with Gasteiger partial charge in [0.25, 0.3) is 0 Å². The first-order valence-corrected chi connectivity index (χ1v) is 36.5. The molecule has 0 aliphatic rings. The van der Waals surface area contributed by atoms with E-state index in [1.54, 1.807) is 94.3 Å². The molecular formula is C86H83ClN28O3. The van der Waals surface area contributed by atoms with Gasteiger partial charge >= 0.3 is 0 Å². The van der Waals surface area contributed by atoms with Crippen LogP contribution in [0.5, 0.6) is 0 Å². The van der Waals surface area contributed by atoms with E-state index >= 15 is 0 Å². The number of benzene rings is 4. The van der Waals surface area contributed by atoms with Crippen LogP contribution in [-0.2, 0) is 42.5 Å². The molecule has 0 spiro atoms. The number of nitrogen functional groups attached to an aromatic ring is 4. The highest BCUT2D eigenvalue weighted by atomic mass is 35.5. The van der Waals surface area contributed by atoms with Crippen molar-refractivity contribution in [2.75, 3.05) is 36.1 Å². The number of nitriles is 4.